The van der Waals surface area contributed by atoms with Crippen LogP contribution in [0.15, 0.2) is 18.2 Å². The number of nitrogen functional groups attached to an aromatic ring is 1. The summed E-state index contributed by atoms with van der Waals surface area (Å²) >= 11 is 1.51. The van der Waals surface area contributed by atoms with E-state index in [1.54, 1.807) is 18.2 Å². The second kappa shape index (κ2) is 5.85. The van der Waals surface area contributed by atoms with Crippen molar-refractivity contribution in [1.82, 2.24) is 0 Å². The molecule has 0 radical (unpaired) electrons. The van der Waals surface area contributed by atoms with Crippen LogP contribution in [0.3, 0.4) is 0 Å². The lowest BCUT2D eigenvalue weighted by molar-refractivity contribution is 0.113. The van der Waals surface area contributed by atoms with E-state index >= 15 is 0 Å². The van der Waals surface area contributed by atoms with Crippen LogP contribution < -0.4 is 5.73 Å². The van der Waals surface area contributed by atoms with Crippen LogP contribution in [0.25, 0.3) is 0 Å². The van der Waals surface area contributed by atoms with Gasteiger partial charge in [0.2, 0.25) is 0 Å². The molecule has 5 heteroatoms. The smallest absolute Gasteiger partial charge is 0.138 e. The van der Waals surface area contributed by atoms with E-state index < -0.39 is 6.10 Å². The largest absolute Gasteiger partial charge is 0.506 e. The molecule has 0 aliphatic carbocycles. The maximum atomic E-state index is 9.19. The summed E-state index contributed by atoms with van der Waals surface area (Å²) in [6.07, 6.45) is -0.676. The molecule has 0 aromatic heterocycles. The average Bonchev–Trinajstić information content (AvgIpc) is 2.23. The molecule has 0 aliphatic rings. The summed E-state index contributed by atoms with van der Waals surface area (Å²) in [4.78, 5) is 0. The summed E-state index contributed by atoms with van der Waals surface area (Å²) in [7, 11) is 0. The maximum Gasteiger partial charge on any atom is 0.138 e. The van der Waals surface area contributed by atoms with Crippen LogP contribution in [-0.4, -0.2) is 33.8 Å². The van der Waals surface area contributed by atoms with E-state index in [-0.39, 0.29) is 12.4 Å². The molecule has 4 nitrogen and oxygen atoms in total. The molecule has 0 bridgehead atoms. The zero-order valence-corrected chi connectivity index (χ0v) is 9.07. The van der Waals surface area contributed by atoms with E-state index in [2.05, 4.69) is 0 Å². The van der Waals surface area contributed by atoms with Crippen molar-refractivity contribution in [1.29, 1.82) is 0 Å². The van der Waals surface area contributed by atoms with Gasteiger partial charge in [-0.05, 0) is 17.7 Å². The fourth-order valence-corrected chi connectivity index (χ4v) is 1.97. The highest BCUT2D eigenvalue weighted by molar-refractivity contribution is 7.98. The molecule has 15 heavy (non-hydrogen) atoms. The highest BCUT2D eigenvalue weighted by Gasteiger charge is 2.03. The van der Waals surface area contributed by atoms with Gasteiger partial charge < -0.3 is 21.1 Å². The number of anilines is 1. The minimum absolute atomic E-state index is 0.0825. The third-order valence-electron chi connectivity index (χ3n) is 1.88. The van der Waals surface area contributed by atoms with Gasteiger partial charge in [0, 0.05) is 11.5 Å². The van der Waals surface area contributed by atoms with Crippen molar-refractivity contribution in [3.05, 3.63) is 23.8 Å². The lowest BCUT2D eigenvalue weighted by Crippen LogP contribution is -2.14. The first kappa shape index (κ1) is 12.2. The standard InChI is InChI=1S/C10H15NO3S/c11-9-3-7(1-2-10(9)14)5-15-6-8(13)4-12/h1-3,8,12-14H,4-6,11H2. The number of hydrogen-bond acceptors (Lipinski definition) is 5. The summed E-state index contributed by atoms with van der Waals surface area (Å²) in [5, 5.41) is 26.9. The Hall–Kier alpha value is -0.910. The SMILES string of the molecule is Nc1cc(CSCC(O)CO)ccc1O. The number of nitrogens with two attached hydrogens (primary N) is 1. The highest BCUT2D eigenvalue weighted by atomic mass is 32.2. The summed E-state index contributed by atoms with van der Waals surface area (Å²) in [5.41, 5.74) is 6.87. The predicted molar refractivity (Wildman–Crippen MR) is 61.8 cm³/mol. The summed E-state index contributed by atoms with van der Waals surface area (Å²) in [6.45, 7) is -0.218. The van der Waals surface area contributed by atoms with Crippen molar-refractivity contribution in [2.45, 2.75) is 11.9 Å². The highest BCUT2D eigenvalue weighted by Crippen LogP contribution is 2.23. The molecule has 0 saturated heterocycles. The van der Waals surface area contributed by atoms with Gasteiger partial charge in [-0.15, -0.1) is 0 Å². The Bertz CT molecular complexity index is 320. The number of thioether (sulfide) groups is 1. The molecule has 1 unspecified atom stereocenters. The zero-order valence-electron chi connectivity index (χ0n) is 8.26. The van der Waals surface area contributed by atoms with Crippen LogP contribution in [0.5, 0.6) is 5.75 Å². The predicted octanol–water partition coefficient (Wildman–Crippen LogP) is 0.561. The van der Waals surface area contributed by atoms with Crippen LogP contribution in [-0.2, 0) is 5.75 Å². The van der Waals surface area contributed by atoms with E-state index in [9.17, 15) is 5.11 Å². The zero-order chi connectivity index (χ0) is 11.3. The Balaban J connectivity index is 2.41. The molecule has 0 spiro atoms. The Morgan fingerprint density at radius 1 is 1.40 bits per heavy atom. The van der Waals surface area contributed by atoms with Gasteiger partial charge >= 0.3 is 0 Å². The molecular weight excluding hydrogens is 214 g/mol. The number of rotatable bonds is 5. The van der Waals surface area contributed by atoms with E-state index in [0.717, 1.165) is 5.56 Å². The van der Waals surface area contributed by atoms with Crippen LogP contribution in [0.1, 0.15) is 5.56 Å². The van der Waals surface area contributed by atoms with E-state index in [1.807, 2.05) is 0 Å². The molecule has 0 amide bonds. The van der Waals surface area contributed by atoms with Gasteiger partial charge in [-0.2, -0.15) is 11.8 Å². The first-order valence-corrected chi connectivity index (χ1v) is 5.73. The number of aromatic hydroxyl groups is 1. The molecule has 5 N–H and O–H groups in total. The van der Waals surface area contributed by atoms with Crippen molar-refractivity contribution >= 4 is 17.4 Å². The van der Waals surface area contributed by atoms with E-state index in [1.165, 1.54) is 11.8 Å². The number of hydrogen-bond donors (Lipinski definition) is 4. The third-order valence-corrected chi connectivity index (χ3v) is 3.04. The van der Waals surface area contributed by atoms with E-state index in [0.29, 0.717) is 17.2 Å². The second-order valence-corrected chi connectivity index (χ2v) is 4.27. The number of benzene rings is 1. The molecule has 84 valence electrons. The quantitative estimate of drug-likeness (QED) is 0.438. The van der Waals surface area contributed by atoms with Crippen molar-refractivity contribution in [2.75, 3.05) is 18.1 Å². The van der Waals surface area contributed by atoms with Gasteiger partial charge in [0.15, 0.2) is 0 Å². The van der Waals surface area contributed by atoms with Crippen molar-refractivity contribution in [3.8, 4) is 5.75 Å². The van der Waals surface area contributed by atoms with Crippen LogP contribution >= 0.6 is 11.8 Å². The minimum Gasteiger partial charge on any atom is -0.506 e. The third kappa shape index (κ3) is 3.99. The number of aliphatic hydroxyl groups excluding tert-OH is 2. The van der Waals surface area contributed by atoms with Crippen LogP contribution in [0, 0.1) is 0 Å². The Morgan fingerprint density at radius 2 is 2.13 bits per heavy atom. The topological polar surface area (TPSA) is 86.7 Å². The Morgan fingerprint density at radius 3 is 2.73 bits per heavy atom. The Labute approximate surface area is 92.7 Å². The Kier molecular flexibility index (Phi) is 4.74. The molecule has 0 aliphatic heterocycles. The molecule has 1 rings (SSSR count). The molecule has 1 aromatic carbocycles. The number of phenolic OH excluding ortho intramolecular Hbond substituents is 1. The lowest BCUT2D eigenvalue weighted by atomic mass is 10.2. The summed E-state index contributed by atoms with van der Waals surface area (Å²) in [6, 6.07) is 5.03. The minimum atomic E-state index is -0.676. The van der Waals surface area contributed by atoms with Gasteiger partial charge in [-0.3, -0.25) is 0 Å². The van der Waals surface area contributed by atoms with E-state index in [4.69, 9.17) is 15.9 Å². The summed E-state index contributed by atoms with van der Waals surface area (Å²) in [5.74, 6) is 1.26. The van der Waals surface area contributed by atoms with Gasteiger partial charge in [0.25, 0.3) is 0 Å². The number of aliphatic hydroxyl groups is 2. The van der Waals surface area contributed by atoms with Gasteiger partial charge in [0.1, 0.15) is 5.75 Å². The van der Waals surface area contributed by atoms with Gasteiger partial charge in [0.05, 0.1) is 18.4 Å². The first-order valence-electron chi connectivity index (χ1n) is 4.57. The fourth-order valence-electron chi connectivity index (χ4n) is 1.06. The molecule has 1 atom stereocenters. The van der Waals surface area contributed by atoms with Gasteiger partial charge in [-0.1, -0.05) is 6.07 Å². The first-order chi connectivity index (χ1) is 7.13. The second-order valence-electron chi connectivity index (χ2n) is 3.24. The molecule has 1 aromatic rings. The fraction of sp³-hybridized carbons (Fsp3) is 0.400. The molecule has 0 fully saturated rings. The summed E-state index contributed by atoms with van der Waals surface area (Å²) < 4.78 is 0. The average molecular weight is 229 g/mol. The van der Waals surface area contributed by atoms with Crippen LogP contribution in [0.4, 0.5) is 5.69 Å². The normalized spacial score (nSPS) is 12.7. The maximum absolute atomic E-state index is 9.19. The van der Waals surface area contributed by atoms with Crippen molar-refractivity contribution < 1.29 is 15.3 Å². The molecule has 0 saturated carbocycles. The number of phenols is 1. The van der Waals surface area contributed by atoms with Crippen molar-refractivity contribution in [3.63, 3.8) is 0 Å². The van der Waals surface area contributed by atoms with Crippen molar-refractivity contribution in [2.24, 2.45) is 0 Å². The molecule has 0 heterocycles. The monoisotopic (exact) mass is 229 g/mol. The van der Waals surface area contributed by atoms with Gasteiger partial charge in [-0.25, -0.2) is 0 Å². The van der Waals surface area contributed by atoms with Crippen LogP contribution in [0.2, 0.25) is 0 Å². The molecular formula is C10H15NO3S. The lowest BCUT2D eigenvalue weighted by Gasteiger charge is -2.07.